The average Bonchev–Trinajstić information content (AvgIpc) is 3.41. The van der Waals surface area contributed by atoms with Crippen LogP contribution in [0.25, 0.3) is 32.5 Å². The summed E-state index contributed by atoms with van der Waals surface area (Å²) in [5.74, 6) is 0.537. The van der Waals surface area contributed by atoms with Crippen LogP contribution < -0.4 is 5.32 Å². The summed E-state index contributed by atoms with van der Waals surface area (Å²) < 4.78 is 5.92. The first-order chi connectivity index (χ1) is 14.8. The Morgan fingerprint density at radius 2 is 1.57 bits per heavy atom. The van der Waals surface area contributed by atoms with Gasteiger partial charge < -0.3 is 9.73 Å². The average molecular weight is 417 g/mol. The van der Waals surface area contributed by atoms with E-state index in [0.717, 1.165) is 21.1 Å². The van der Waals surface area contributed by atoms with Crippen molar-refractivity contribution in [3.05, 3.63) is 60.3 Å². The van der Waals surface area contributed by atoms with Crippen molar-refractivity contribution in [1.82, 2.24) is 15.2 Å². The molecular formula is C24H24N4OS. The molecule has 2 heterocycles. The fourth-order valence-corrected chi connectivity index (χ4v) is 4.94. The van der Waals surface area contributed by atoms with E-state index in [0.29, 0.717) is 17.9 Å². The summed E-state index contributed by atoms with van der Waals surface area (Å²) >= 11 is 1.59. The topological polar surface area (TPSA) is 63.8 Å². The molecule has 0 radical (unpaired) electrons. The van der Waals surface area contributed by atoms with E-state index in [1.165, 1.54) is 43.2 Å². The van der Waals surface area contributed by atoms with Gasteiger partial charge >= 0.3 is 6.01 Å². The minimum Gasteiger partial charge on any atom is -0.402 e. The van der Waals surface area contributed by atoms with Gasteiger partial charge in [-0.25, -0.2) is 4.98 Å². The highest BCUT2D eigenvalue weighted by molar-refractivity contribution is 7.18. The number of benzene rings is 2. The van der Waals surface area contributed by atoms with Gasteiger partial charge in [0.05, 0.1) is 5.69 Å². The maximum absolute atomic E-state index is 5.92. The van der Waals surface area contributed by atoms with Crippen LogP contribution in [-0.4, -0.2) is 21.2 Å². The molecule has 5 rings (SSSR count). The van der Waals surface area contributed by atoms with E-state index in [-0.39, 0.29) is 0 Å². The monoisotopic (exact) mass is 416 g/mol. The molecule has 0 spiro atoms. The Balaban J connectivity index is 1.35. The van der Waals surface area contributed by atoms with Crippen LogP contribution in [-0.2, 0) is 0 Å². The number of rotatable bonds is 5. The Bertz CT molecular complexity index is 1110. The zero-order chi connectivity index (χ0) is 20.3. The molecule has 0 saturated heterocycles. The van der Waals surface area contributed by atoms with E-state index in [9.17, 15) is 0 Å². The highest BCUT2D eigenvalue weighted by atomic mass is 32.1. The molecule has 1 fully saturated rings. The first-order valence-electron chi connectivity index (χ1n) is 10.5. The molecule has 2 aromatic carbocycles. The molecule has 0 unspecified atom stereocenters. The van der Waals surface area contributed by atoms with E-state index < -0.39 is 0 Å². The number of hydrogen-bond acceptors (Lipinski definition) is 6. The molecule has 4 aromatic rings. The summed E-state index contributed by atoms with van der Waals surface area (Å²) in [6.07, 6.45) is 6.18. The molecule has 6 heteroatoms. The molecule has 2 aromatic heterocycles. The van der Waals surface area contributed by atoms with Gasteiger partial charge in [-0.1, -0.05) is 79.0 Å². The summed E-state index contributed by atoms with van der Waals surface area (Å²) in [5.41, 5.74) is 4.41. The van der Waals surface area contributed by atoms with Crippen LogP contribution >= 0.6 is 11.3 Å². The van der Waals surface area contributed by atoms with Crippen LogP contribution in [0.4, 0.5) is 6.01 Å². The van der Waals surface area contributed by atoms with E-state index >= 15 is 0 Å². The Morgan fingerprint density at radius 3 is 2.33 bits per heavy atom. The highest BCUT2D eigenvalue weighted by Crippen LogP contribution is 2.36. The van der Waals surface area contributed by atoms with E-state index in [1.54, 1.807) is 11.3 Å². The second-order valence-corrected chi connectivity index (χ2v) is 8.77. The Hall–Kier alpha value is -2.99. The van der Waals surface area contributed by atoms with Gasteiger partial charge in [0, 0.05) is 11.6 Å². The number of hydrogen-bond donors (Lipinski definition) is 1. The molecule has 0 atom stereocenters. The lowest BCUT2D eigenvalue weighted by molar-refractivity contribution is 0.449. The van der Waals surface area contributed by atoms with E-state index in [1.807, 2.05) is 13.0 Å². The molecule has 0 amide bonds. The highest BCUT2D eigenvalue weighted by Gasteiger charge is 2.19. The molecule has 0 aliphatic heterocycles. The van der Waals surface area contributed by atoms with Gasteiger partial charge in [0.25, 0.3) is 5.89 Å². The minimum atomic E-state index is 0.438. The van der Waals surface area contributed by atoms with Gasteiger partial charge in [-0.15, -0.1) is 16.4 Å². The molecule has 30 heavy (non-hydrogen) atoms. The molecule has 5 nitrogen and oxygen atoms in total. The normalized spacial score (nSPS) is 14.7. The summed E-state index contributed by atoms with van der Waals surface area (Å²) in [4.78, 5) is 5.69. The van der Waals surface area contributed by atoms with Crippen LogP contribution in [0.15, 0.2) is 59.0 Å². The Labute approximate surface area is 180 Å². The van der Waals surface area contributed by atoms with Crippen molar-refractivity contribution in [2.75, 3.05) is 5.32 Å². The van der Waals surface area contributed by atoms with Crippen LogP contribution in [0, 0.1) is 6.92 Å². The molecule has 1 saturated carbocycles. The minimum absolute atomic E-state index is 0.438. The third-order valence-corrected chi connectivity index (χ3v) is 6.78. The maximum atomic E-state index is 5.92. The van der Waals surface area contributed by atoms with Crippen LogP contribution in [0.1, 0.15) is 37.8 Å². The smallest absolute Gasteiger partial charge is 0.315 e. The Morgan fingerprint density at radius 1 is 0.867 bits per heavy atom. The van der Waals surface area contributed by atoms with Gasteiger partial charge in [-0.2, -0.15) is 0 Å². The zero-order valence-electron chi connectivity index (χ0n) is 17.0. The zero-order valence-corrected chi connectivity index (χ0v) is 17.8. The van der Waals surface area contributed by atoms with Gasteiger partial charge in [-0.3, -0.25) is 0 Å². The van der Waals surface area contributed by atoms with Crippen molar-refractivity contribution in [2.24, 2.45) is 0 Å². The van der Waals surface area contributed by atoms with Gasteiger partial charge in [0.1, 0.15) is 9.88 Å². The van der Waals surface area contributed by atoms with Crippen molar-refractivity contribution < 1.29 is 4.42 Å². The second-order valence-electron chi connectivity index (χ2n) is 7.77. The summed E-state index contributed by atoms with van der Waals surface area (Å²) in [6, 6.07) is 19.9. The fourth-order valence-electron chi connectivity index (χ4n) is 3.95. The predicted octanol–water partition coefficient (Wildman–Crippen LogP) is 6.58. The van der Waals surface area contributed by atoms with Gasteiger partial charge in [-0.05, 0) is 30.9 Å². The van der Waals surface area contributed by atoms with Crippen molar-refractivity contribution in [3.8, 4) is 32.5 Å². The van der Waals surface area contributed by atoms with Crippen molar-refractivity contribution in [1.29, 1.82) is 0 Å². The maximum Gasteiger partial charge on any atom is 0.315 e. The lowest BCUT2D eigenvalue weighted by Crippen LogP contribution is -2.22. The molecule has 0 bridgehead atoms. The lowest BCUT2D eigenvalue weighted by atomic mass is 9.96. The molecule has 152 valence electrons. The number of aryl methyl sites for hydroxylation is 1. The van der Waals surface area contributed by atoms with E-state index in [4.69, 9.17) is 9.40 Å². The van der Waals surface area contributed by atoms with Crippen LogP contribution in [0.2, 0.25) is 0 Å². The van der Waals surface area contributed by atoms with Crippen LogP contribution in [0.5, 0.6) is 0 Å². The summed E-state index contributed by atoms with van der Waals surface area (Å²) in [5, 5.41) is 12.8. The van der Waals surface area contributed by atoms with Gasteiger partial charge in [0.15, 0.2) is 0 Å². The predicted molar refractivity (Wildman–Crippen MR) is 122 cm³/mol. The number of anilines is 1. The van der Waals surface area contributed by atoms with Crippen molar-refractivity contribution in [2.45, 2.75) is 45.1 Å². The fraction of sp³-hybridized carbons (Fsp3) is 0.292. The van der Waals surface area contributed by atoms with Crippen LogP contribution in [0.3, 0.4) is 0 Å². The largest absolute Gasteiger partial charge is 0.402 e. The molecule has 1 aliphatic carbocycles. The lowest BCUT2D eigenvalue weighted by Gasteiger charge is -2.21. The Kier molecular flexibility index (Phi) is 5.32. The SMILES string of the molecule is Cc1nc(-c2ccc(-c3ccccc3)cc2)sc1-c1nnc(NC2CCCCC2)o1. The number of aromatic nitrogens is 3. The summed E-state index contributed by atoms with van der Waals surface area (Å²) in [7, 11) is 0. The molecular weight excluding hydrogens is 392 g/mol. The first kappa shape index (κ1) is 19.0. The third-order valence-electron chi connectivity index (χ3n) is 5.59. The van der Waals surface area contributed by atoms with E-state index in [2.05, 4.69) is 64.0 Å². The second kappa shape index (κ2) is 8.40. The quantitative estimate of drug-likeness (QED) is 0.398. The standard InChI is InChI=1S/C24H24N4OS/c1-16-21(22-27-28-24(29-22)26-20-10-6-3-7-11-20)30-23(25-16)19-14-12-18(13-15-19)17-8-4-2-5-9-17/h2,4-5,8-9,12-15,20H,3,6-7,10-11H2,1H3,(H,26,28). The van der Waals surface area contributed by atoms with Crippen molar-refractivity contribution in [3.63, 3.8) is 0 Å². The summed E-state index contributed by atoms with van der Waals surface area (Å²) in [6.45, 7) is 1.99. The van der Waals surface area contributed by atoms with Crippen molar-refractivity contribution >= 4 is 17.4 Å². The third kappa shape index (κ3) is 4.00. The first-order valence-corrected chi connectivity index (χ1v) is 11.3. The molecule has 1 aliphatic rings. The number of nitrogens with one attached hydrogen (secondary N) is 1. The number of thiazole rings is 1. The number of nitrogens with zero attached hydrogens (tertiary/aromatic N) is 3. The van der Waals surface area contributed by atoms with Gasteiger partial charge in [0.2, 0.25) is 0 Å². The molecule has 1 N–H and O–H groups in total.